The molecule has 0 aromatic heterocycles. The first-order valence-corrected chi connectivity index (χ1v) is 15.4. The van der Waals surface area contributed by atoms with E-state index >= 15 is 0 Å². The number of alkyl halides is 2. The highest BCUT2D eigenvalue weighted by Gasteiger charge is 2.74. The van der Waals surface area contributed by atoms with Crippen molar-refractivity contribution in [2.24, 2.45) is 34.3 Å². The summed E-state index contributed by atoms with van der Waals surface area (Å²) < 4.78 is 4.25. The second-order valence-corrected chi connectivity index (χ2v) is 15.8. The summed E-state index contributed by atoms with van der Waals surface area (Å²) >= 11 is 13.0. The predicted octanol–water partition coefficient (Wildman–Crippen LogP) is 1.87. The van der Waals surface area contributed by atoms with Crippen LogP contribution >= 0.6 is 23.2 Å². The molecule has 3 rings (SSSR count). The zero-order valence-electron chi connectivity index (χ0n) is 25.9. The lowest BCUT2D eigenvalue weighted by Gasteiger charge is -2.38. The van der Waals surface area contributed by atoms with Crippen LogP contribution in [0.1, 0.15) is 74.7 Å². The van der Waals surface area contributed by atoms with E-state index in [9.17, 15) is 24.0 Å². The van der Waals surface area contributed by atoms with Gasteiger partial charge in [-0.3, -0.25) is 34.6 Å². The molecular weight excluding hydrogens is 585 g/mol. The van der Waals surface area contributed by atoms with Gasteiger partial charge in [-0.05, 0) is 37.0 Å². The number of carbonyl (C=O) groups is 5. The van der Waals surface area contributed by atoms with E-state index < -0.39 is 62.8 Å². The monoisotopic (exact) mass is 631 g/mol. The maximum atomic E-state index is 14.1. The number of fused-ring (bicyclic) bond motifs is 1. The fraction of sp³-hybridized carbons (Fsp3) is 0.828. The summed E-state index contributed by atoms with van der Waals surface area (Å²) in [4.78, 5) is 66.2. The highest BCUT2D eigenvalue weighted by atomic mass is 35.5. The lowest BCUT2D eigenvalue weighted by Crippen LogP contribution is -2.61. The number of ketones is 1. The number of hydrogen-bond acceptors (Lipinski definition) is 8. The van der Waals surface area contributed by atoms with Crippen molar-refractivity contribution in [2.45, 2.75) is 109 Å². The zero-order valence-corrected chi connectivity index (χ0v) is 27.4. The number of nitrogens with two attached hydrogens (primary N) is 1. The molecule has 42 heavy (non-hydrogen) atoms. The minimum absolute atomic E-state index is 0.117. The SMILES string of the molecule is CC(C)OC(=O)[C@@H](NCN[C@H](C(=O)N1C[C@H]2[C@@H]([C@H]1C(=O)NC(CC1CC1)C(=O)C(N)=O)C2(Cl)Cl)C(C)(C)C)C(C)(C)C. The van der Waals surface area contributed by atoms with E-state index in [1.54, 1.807) is 13.8 Å². The topological polar surface area (TPSA) is 160 Å². The van der Waals surface area contributed by atoms with E-state index in [0.29, 0.717) is 6.42 Å². The molecule has 1 unspecified atom stereocenters. The first-order valence-electron chi connectivity index (χ1n) is 14.7. The van der Waals surface area contributed by atoms with Crippen molar-refractivity contribution in [3.8, 4) is 0 Å². The van der Waals surface area contributed by atoms with Gasteiger partial charge in [0.25, 0.3) is 5.91 Å². The molecule has 0 aromatic rings. The van der Waals surface area contributed by atoms with Gasteiger partial charge in [0, 0.05) is 25.0 Å². The highest BCUT2D eigenvalue weighted by molar-refractivity contribution is 6.51. The molecule has 238 valence electrons. The Morgan fingerprint density at radius 2 is 1.52 bits per heavy atom. The van der Waals surface area contributed by atoms with Crippen molar-refractivity contribution in [2.75, 3.05) is 13.2 Å². The number of hydrogen-bond donors (Lipinski definition) is 4. The van der Waals surface area contributed by atoms with Crippen molar-refractivity contribution in [3.63, 3.8) is 0 Å². The standard InChI is InChI=1S/C29H47Cl2N5O6/c1-14(2)42-26(41)22(28(6,7)8)34-13-33-21(27(3,4)5)25(40)36-12-16-18(29(16,30)31)19(36)24(39)35-17(11-15-9-10-15)20(37)23(32)38/h14-19,21-22,33-34H,9-13H2,1-8H3,(H2,32,38)(H,35,39)/t16-,17?,18-,19-,21+,22+/m0/s1. The first kappa shape index (κ1) is 34.5. The number of likely N-dealkylation sites (tertiary alicyclic amines) is 1. The van der Waals surface area contributed by atoms with Gasteiger partial charge < -0.3 is 20.7 Å². The quantitative estimate of drug-likeness (QED) is 0.104. The van der Waals surface area contributed by atoms with Gasteiger partial charge in [-0.1, -0.05) is 54.4 Å². The third-order valence-electron chi connectivity index (χ3n) is 8.20. The molecule has 1 aliphatic heterocycles. The summed E-state index contributed by atoms with van der Waals surface area (Å²) in [5, 5.41) is 9.12. The van der Waals surface area contributed by atoms with Crippen LogP contribution in [0.25, 0.3) is 0 Å². The zero-order chi connectivity index (χ0) is 31.9. The smallest absolute Gasteiger partial charge is 0.323 e. The van der Waals surface area contributed by atoms with Crippen molar-refractivity contribution in [3.05, 3.63) is 0 Å². The number of primary amides is 1. The molecule has 3 aliphatic rings. The number of amides is 3. The third-order valence-corrected chi connectivity index (χ3v) is 9.27. The number of halogens is 2. The Kier molecular flexibility index (Phi) is 10.3. The van der Waals surface area contributed by atoms with E-state index in [1.165, 1.54) is 4.90 Å². The van der Waals surface area contributed by atoms with Crippen LogP contribution in [0.3, 0.4) is 0 Å². The van der Waals surface area contributed by atoms with E-state index in [1.807, 2.05) is 41.5 Å². The van der Waals surface area contributed by atoms with Crippen LogP contribution in [0.15, 0.2) is 0 Å². The minimum Gasteiger partial charge on any atom is -0.462 e. The summed E-state index contributed by atoms with van der Waals surface area (Å²) in [6.45, 7) is 15.3. The average molecular weight is 633 g/mol. The van der Waals surface area contributed by atoms with Gasteiger partial charge in [0.1, 0.15) is 16.4 Å². The number of piperidine rings is 1. The molecule has 0 bridgehead atoms. The molecule has 11 nitrogen and oxygen atoms in total. The third kappa shape index (κ3) is 7.95. The molecule has 6 atom stereocenters. The molecule has 3 amide bonds. The number of esters is 1. The summed E-state index contributed by atoms with van der Waals surface area (Å²) in [7, 11) is 0. The molecule has 5 N–H and O–H groups in total. The Bertz CT molecular complexity index is 1080. The molecule has 1 heterocycles. The molecule has 3 fully saturated rings. The fourth-order valence-corrected chi connectivity index (χ4v) is 6.54. The lowest BCUT2D eigenvalue weighted by atomic mass is 9.85. The summed E-state index contributed by atoms with van der Waals surface area (Å²) in [6, 6.07) is -3.49. The van der Waals surface area contributed by atoms with Gasteiger partial charge in [0.2, 0.25) is 17.6 Å². The van der Waals surface area contributed by atoms with E-state index in [-0.39, 0.29) is 43.0 Å². The Hall–Kier alpha value is -1.95. The van der Waals surface area contributed by atoms with Gasteiger partial charge in [0.15, 0.2) is 0 Å². The van der Waals surface area contributed by atoms with Crippen molar-refractivity contribution >= 4 is 52.7 Å². The van der Waals surface area contributed by atoms with Gasteiger partial charge in [-0.25, -0.2) is 0 Å². The number of carbonyl (C=O) groups excluding carboxylic acids is 5. The summed E-state index contributed by atoms with van der Waals surface area (Å²) in [5.74, 6) is -3.91. The van der Waals surface area contributed by atoms with Crippen LogP contribution in [0, 0.1) is 28.6 Å². The molecule has 2 aliphatic carbocycles. The lowest BCUT2D eigenvalue weighted by molar-refractivity contribution is -0.153. The number of Topliss-reactive ketones (excluding diaryl/α,β-unsaturated/α-hetero) is 1. The second-order valence-electron chi connectivity index (χ2n) is 14.4. The number of rotatable bonds is 13. The van der Waals surface area contributed by atoms with E-state index in [4.69, 9.17) is 33.7 Å². The fourth-order valence-electron chi connectivity index (χ4n) is 5.72. The molecule has 1 saturated heterocycles. The van der Waals surface area contributed by atoms with Gasteiger partial charge in [-0.2, -0.15) is 0 Å². The molecule has 0 spiro atoms. The van der Waals surface area contributed by atoms with Gasteiger partial charge in [0.05, 0.1) is 18.2 Å². The normalized spacial score (nSPS) is 25.3. The maximum Gasteiger partial charge on any atom is 0.323 e. The Balaban J connectivity index is 1.78. The summed E-state index contributed by atoms with van der Waals surface area (Å²) in [5.41, 5.74) is 4.20. The Labute approximate surface area is 258 Å². The molecule has 0 radical (unpaired) electrons. The number of nitrogens with one attached hydrogen (secondary N) is 3. The largest absolute Gasteiger partial charge is 0.462 e. The van der Waals surface area contributed by atoms with Gasteiger partial charge >= 0.3 is 5.97 Å². The van der Waals surface area contributed by atoms with Crippen molar-refractivity contribution < 1.29 is 28.7 Å². The van der Waals surface area contributed by atoms with E-state index in [2.05, 4.69) is 16.0 Å². The predicted molar refractivity (Wildman–Crippen MR) is 159 cm³/mol. The Morgan fingerprint density at radius 1 is 0.976 bits per heavy atom. The maximum absolute atomic E-state index is 14.1. The van der Waals surface area contributed by atoms with Crippen molar-refractivity contribution in [1.82, 2.24) is 20.9 Å². The van der Waals surface area contributed by atoms with Crippen molar-refractivity contribution in [1.29, 1.82) is 0 Å². The Morgan fingerprint density at radius 3 is 2.00 bits per heavy atom. The molecule has 2 saturated carbocycles. The van der Waals surface area contributed by atoms with Gasteiger partial charge in [-0.15, -0.1) is 23.2 Å². The second kappa shape index (κ2) is 12.6. The first-order chi connectivity index (χ1) is 19.2. The highest BCUT2D eigenvalue weighted by Crippen LogP contribution is 2.65. The number of nitrogens with zero attached hydrogens (tertiary/aromatic N) is 1. The van der Waals surface area contributed by atoms with Crippen LogP contribution in [-0.4, -0.2) is 82.2 Å². The van der Waals surface area contributed by atoms with Crippen LogP contribution < -0.4 is 21.7 Å². The number of ether oxygens (including phenoxy) is 1. The molecule has 0 aromatic carbocycles. The molecule has 13 heteroatoms. The van der Waals surface area contributed by atoms with E-state index in [0.717, 1.165) is 12.8 Å². The average Bonchev–Trinajstić information content (AvgIpc) is 3.67. The minimum atomic E-state index is -1.18. The van der Waals surface area contributed by atoms with Crippen LogP contribution in [0.5, 0.6) is 0 Å². The van der Waals surface area contributed by atoms with Crippen LogP contribution in [0.2, 0.25) is 0 Å². The van der Waals surface area contributed by atoms with Crippen LogP contribution in [-0.2, 0) is 28.7 Å². The summed E-state index contributed by atoms with van der Waals surface area (Å²) in [6.07, 6.45) is 1.84. The molecular formula is C29H47Cl2N5O6. The van der Waals surface area contributed by atoms with Crippen LogP contribution in [0.4, 0.5) is 0 Å².